The molecule has 0 fully saturated rings. The molecule has 0 saturated carbocycles. The Labute approximate surface area is 284 Å². The molecule has 0 aliphatic rings. The minimum absolute atomic E-state index is 0.120. The number of nitrogens with one attached hydrogen (secondary N) is 1. The van der Waals surface area contributed by atoms with E-state index in [1.807, 2.05) is 65.9 Å². The fraction of sp³-hybridized carbons (Fsp3) is 0. The molecule has 0 bridgehead atoms. The van der Waals surface area contributed by atoms with E-state index in [-0.39, 0.29) is 11.7 Å². The molecule has 10 rings (SSSR count). The molecule has 0 amide bonds. The van der Waals surface area contributed by atoms with E-state index in [0.29, 0.717) is 0 Å². The first-order chi connectivity index (χ1) is 24.1. The fourth-order valence-electron chi connectivity index (χ4n) is 7.53. The summed E-state index contributed by atoms with van der Waals surface area (Å²) in [7, 11) is 0. The number of hydrogen-bond donors (Lipinski definition) is 2. The number of hydrogen-bond acceptors (Lipinski definition) is 3. The maximum Gasteiger partial charge on any atom is 0.154 e. The smallest absolute Gasteiger partial charge is 0.154 e. The van der Waals surface area contributed by atoms with Crippen molar-refractivity contribution in [2.45, 2.75) is 0 Å². The molecule has 0 unspecified atom stereocenters. The van der Waals surface area contributed by atoms with Gasteiger partial charge in [0.25, 0.3) is 0 Å². The quantitative estimate of drug-likeness (QED) is 0.114. The molecule has 0 radical (unpaired) electrons. The molecule has 2 heterocycles. The van der Waals surface area contributed by atoms with Crippen LogP contribution in [-0.4, -0.2) is 11.7 Å². The van der Waals surface area contributed by atoms with Crippen molar-refractivity contribution in [2.75, 3.05) is 0 Å². The molecule has 0 aliphatic carbocycles. The van der Waals surface area contributed by atoms with Gasteiger partial charge in [0, 0.05) is 42.1 Å². The highest BCUT2D eigenvalue weighted by Gasteiger charge is 2.18. The summed E-state index contributed by atoms with van der Waals surface area (Å²) >= 11 is 1.83. The lowest BCUT2D eigenvalue weighted by Crippen LogP contribution is -2.16. The van der Waals surface area contributed by atoms with E-state index in [0.717, 1.165) is 60.2 Å². The highest BCUT2D eigenvalue weighted by atomic mass is 32.1. The first-order valence-electron chi connectivity index (χ1n) is 16.2. The number of aliphatic imine (C=N–C) groups is 1. The molecule has 230 valence electrons. The van der Waals surface area contributed by atoms with Crippen LogP contribution in [0.4, 0.5) is 0 Å². The van der Waals surface area contributed by atoms with Crippen LogP contribution in [0.1, 0.15) is 11.1 Å². The largest absolute Gasteiger partial charge is 0.456 e. The van der Waals surface area contributed by atoms with E-state index < -0.39 is 0 Å². The predicted molar refractivity (Wildman–Crippen MR) is 209 cm³/mol. The molecular weight excluding hydrogens is 619 g/mol. The van der Waals surface area contributed by atoms with Gasteiger partial charge in [0.05, 0.1) is 0 Å². The van der Waals surface area contributed by atoms with Crippen molar-refractivity contribution < 1.29 is 4.42 Å². The monoisotopic (exact) mass is 645 g/mol. The van der Waals surface area contributed by atoms with Crippen LogP contribution in [0.25, 0.3) is 85.6 Å². The standard InChI is InChI=1S/C44H27N3OS/c45-43(47-44(46)36-22-25-10-1-2-11-27(25)28-12-3-4-13-29(28)36)34-17-9-18-37-41(34)32-21-20-26(23-38(32)48-37)35-24-40-42(31-15-6-5-14-30(31)35)33-16-7-8-19-39(33)49-40/h1-24H,(H3,45,46,47). The Morgan fingerprint density at radius 1 is 0.531 bits per heavy atom. The summed E-state index contributed by atoms with van der Waals surface area (Å²) in [4.78, 5) is 4.69. The van der Waals surface area contributed by atoms with Crippen molar-refractivity contribution >= 4 is 97.4 Å². The molecule has 8 aromatic carbocycles. The number of amidine groups is 2. The Hall–Kier alpha value is -6.30. The molecule has 0 spiro atoms. The molecular formula is C44H27N3OS. The molecule has 2 aromatic heterocycles. The molecule has 0 atom stereocenters. The average molecular weight is 646 g/mol. The Morgan fingerprint density at radius 3 is 2.10 bits per heavy atom. The van der Waals surface area contributed by atoms with E-state index in [4.69, 9.17) is 20.6 Å². The van der Waals surface area contributed by atoms with Crippen LogP contribution < -0.4 is 5.73 Å². The van der Waals surface area contributed by atoms with Gasteiger partial charge in [-0.2, -0.15) is 0 Å². The van der Waals surface area contributed by atoms with Gasteiger partial charge in [0.15, 0.2) is 5.84 Å². The SMILES string of the molecule is N=C(N=C(N)c1cccc2oc3cc(-c4cc5sc6ccccc6c5c5ccccc45)ccc3c12)c1cc2ccccc2c2ccccc12. The second kappa shape index (κ2) is 10.6. The van der Waals surface area contributed by atoms with Crippen LogP contribution in [0.15, 0.2) is 155 Å². The lowest BCUT2D eigenvalue weighted by atomic mass is 9.94. The van der Waals surface area contributed by atoms with Crippen molar-refractivity contribution in [1.29, 1.82) is 5.41 Å². The molecule has 3 N–H and O–H groups in total. The van der Waals surface area contributed by atoms with Gasteiger partial charge in [0.2, 0.25) is 0 Å². The summed E-state index contributed by atoms with van der Waals surface area (Å²) in [5.74, 6) is 0.399. The number of thiophene rings is 1. The Bertz CT molecular complexity index is 3040. The van der Waals surface area contributed by atoms with E-state index in [1.165, 1.54) is 36.5 Å². The zero-order chi connectivity index (χ0) is 32.6. The minimum atomic E-state index is 0.120. The number of furan rings is 1. The van der Waals surface area contributed by atoms with Gasteiger partial charge in [-0.1, -0.05) is 109 Å². The van der Waals surface area contributed by atoms with E-state index >= 15 is 0 Å². The highest BCUT2D eigenvalue weighted by molar-refractivity contribution is 7.26. The van der Waals surface area contributed by atoms with Crippen LogP contribution in [0.5, 0.6) is 0 Å². The van der Waals surface area contributed by atoms with E-state index in [9.17, 15) is 0 Å². The Kier molecular flexibility index (Phi) is 6.01. The van der Waals surface area contributed by atoms with Gasteiger partial charge in [-0.05, 0) is 79.8 Å². The third-order valence-electron chi connectivity index (χ3n) is 9.72. The zero-order valence-corrected chi connectivity index (χ0v) is 27.0. The Morgan fingerprint density at radius 2 is 1.24 bits per heavy atom. The number of nitrogens with zero attached hydrogens (tertiary/aromatic N) is 1. The highest BCUT2D eigenvalue weighted by Crippen LogP contribution is 2.43. The molecule has 49 heavy (non-hydrogen) atoms. The lowest BCUT2D eigenvalue weighted by molar-refractivity contribution is 0.669. The molecule has 0 aliphatic heterocycles. The van der Waals surface area contributed by atoms with Crippen LogP contribution in [0, 0.1) is 5.41 Å². The molecule has 10 aromatic rings. The van der Waals surface area contributed by atoms with Crippen molar-refractivity contribution in [3.8, 4) is 11.1 Å². The number of benzene rings is 8. The second-order valence-electron chi connectivity index (χ2n) is 12.5. The number of nitrogens with two attached hydrogens (primary N) is 1. The first kappa shape index (κ1) is 27.8. The fourth-order valence-corrected chi connectivity index (χ4v) is 8.69. The lowest BCUT2D eigenvalue weighted by Gasteiger charge is -2.10. The zero-order valence-electron chi connectivity index (χ0n) is 26.2. The summed E-state index contributed by atoms with van der Waals surface area (Å²) in [6, 6.07) is 50.4. The topological polar surface area (TPSA) is 75.4 Å². The molecule has 0 saturated heterocycles. The summed E-state index contributed by atoms with van der Waals surface area (Å²) in [5, 5.41) is 20.3. The summed E-state index contributed by atoms with van der Waals surface area (Å²) in [6.07, 6.45) is 0. The van der Waals surface area contributed by atoms with Crippen LogP contribution >= 0.6 is 11.3 Å². The van der Waals surface area contributed by atoms with E-state index in [2.05, 4.69) is 91.0 Å². The average Bonchev–Trinajstić information content (AvgIpc) is 3.72. The number of rotatable bonds is 3. The molecule has 5 heteroatoms. The normalized spacial score (nSPS) is 12.4. The van der Waals surface area contributed by atoms with Crippen molar-refractivity contribution in [3.63, 3.8) is 0 Å². The molecule has 4 nitrogen and oxygen atoms in total. The maximum atomic E-state index is 9.09. The summed E-state index contributed by atoms with van der Waals surface area (Å²) in [5.41, 5.74) is 12.0. The van der Waals surface area contributed by atoms with Crippen molar-refractivity contribution in [2.24, 2.45) is 10.7 Å². The van der Waals surface area contributed by atoms with E-state index in [1.54, 1.807) is 0 Å². The van der Waals surface area contributed by atoms with Gasteiger partial charge < -0.3 is 10.2 Å². The minimum Gasteiger partial charge on any atom is -0.456 e. The first-order valence-corrected chi connectivity index (χ1v) is 17.1. The third-order valence-corrected chi connectivity index (χ3v) is 10.8. The predicted octanol–water partition coefficient (Wildman–Crippen LogP) is 11.8. The van der Waals surface area contributed by atoms with Gasteiger partial charge in [0.1, 0.15) is 17.0 Å². The maximum absolute atomic E-state index is 9.09. The summed E-state index contributed by atoms with van der Waals surface area (Å²) in [6.45, 7) is 0. The van der Waals surface area contributed by atoms with Crippen molar-refractivity contribution in [1.82, 2.24) is 0 Å². The number of fused-ring (bicyclic) bond motifs is 11. The van der Waals surface area contributed by atoms with Gasteiger partial charge >= 0.3 is 0 Å². The van der Waals surface area contributed by atoms with Crippen molar-refractivity contribution in [3.05, 3.63) is 157 Å². The van der Waals surface area contributed by atoms with Gasteiger partial charge in [-0.3, -0.25) is 5.41 Å². The Balaban J connectivity index is 1.11. The van der Waals surface area contributed by atoms with Gasteiger partial charge in [-0.15, -0.1) is 11.3 Å². The van der Waals surface area contributed by atoms with Crippen LogP contribution in [0.3, 0.4) is 0 Å². The van der Waals surface area contributed by atoms with Crippen LogP contribution in [-0.2, 0) is 0 Å². The summed E-state index contributed by atoms with van der Waals surface area (Å²) < 4.78 is 9.05. The van der Waals surface area contributed by atoms with Gasteiger partial charge in [-0.25, -0.2) is 4.99 Å². The third kappa shape index (κ3) is 4.23. The van der Waals surface area contributed by atoms with Crippen LogP contribution in [0.2, 0.25) is 0 Å². The second-order valence-corrected chi connectivity index (χ2v) is 13.6.